The molecule has 2 aromatic heterocycles. The smallest absolute Gasteiger partial charge is 0.261 e. The van der Waals surface area contributed by atoms with Crippen molar-refractivity contribution in [1.82, 2.24) is 24.9 Å². The van der Waals surface area contributed by atoms with Crippen LogP contribution in [0.1, 0.15) is 73.2 Å². The molecule has 1 saturated heterocycles. The number of carbonyl (C=O) groups is 1. The van der Waals surface area contributed by atoms with Crippen LogP contribution in [0.3, 0.4) is 0 Å². The van der Waals surface area contributed by atoms with E-state index in [-0.39, 0.29) is 5.91 Å². The molecule has 6 nitrogen and oxygen atoms in total. The second-order valence-corrected chi connectivity index (χ2v) is 11.7. The van der Waals surface area contributed by atoms with Crippen molar-refractivity contribution in [3.63, 3.8) is 0 Å². The number of nitrogens with one attached hydrogen (secondary N) is 1. The first-order valence-electron chi connectivity index (χ1n) is 12.9. The minimum Gasteiger partial charge on any atom is -0.349 e. The molecule has 0 bridgehead atoms. The summed E-state index contributed by atoms with van der Waals surface area (Å²) in [6.07, 6.45) is 11.5. The molecular weight excluding hydrogens is 418 g/mol. The molecule has 4 aliphatic rings. The highest BCUT2D eigenvalue weighted by Gasteiger charge is 2.34. The first-order valence-corrected chi connectivity index (χ1v) is 13.7. The van der Waals surface area contributed by atoms with E-state index >= 15 is 0 Å². The van der Waals surface area contributed by atoms with Crippen molar-refractivity contribution in [2.45, 2.75) is 89.4 Å². The van der Waals surface area contributed by atoms with E-state index in [4.69, 9.17) is 5.10 Å². The van der Waals surface area contributed by atoms with Crippen molar-refractivity contribution in [1.29, 1.82) is 0 Å². The number of hydrogen-bond donors (Lipinski definition) is 1. The summed E-state index contributed by atoms with van der Waals surface area (Å²) in [7, 11) is 0. The highest BCUT2D eigenvalue weighted by molar-refractivity contribution is 7.20. The van der Waals surface area contributed by atoms with E-state index in [1.54, 1.807) is 11.3 Å². The summed E-state index contributed by atoms with van der Waals surface area (Å²) in [4.78, 5) is 20.5. The van der Waals surface area contributed by atoms with Gasteiger partial charge in [0.1, 0.15) is 4.83 Å². The van der Waals surface area contributed by atoms with Crippen LogP contribution >= 0.6 is 11.3 Å². The summed E-state index contributed by atoms with van der Waals surface area (Å²) >= 11 is 1.62. The SMILES string of the molecule is Cc1nn(CC2CCC2)c2sc(C(=O)NC3CCC(N4CCN(C5CC5)CC4)CC3)cc12. The van der Waals surface area contributed by atoms with Crippen LogP contribution in [0.2, 0.25) is 0 Å². The first-order chi connectivity index (χ1) is 15.6. The Kier molecular flexibility index (Phi) is 5.76. The van der Waals surface area contributed by atoms with E-state index in [1.165, 1.54) is 76.0 Å². The molecular formula is C25H37N5OS. The third-order valence-electron chi connectivity index (χ3n) is 8.45. The number of aromatic nitrogens is 2. The maximum Gasteiger partial charge on any atom is 0.261 e. The molecule has 0 spiro atoms. The molecule has 4 fully saturated rings. The predicted molar refractivity (Wildman–Crippen MR) is 129 cm³/mol. The van der Waals surface area contributed by atoms with Gasteiger partial charge in [0.05, 0.1) is 10.6 Å². The van der Waals surface area contributed by atoms with Crippen molar-refractivity contribution < 1.29 is 4.79 Å². The molecule has 7 heteroatoms. The van der Waals surface area contributed by atoms with Crippen LogP contribution in [0.5, 0.6) is 0 Å². The average molecular weight is 456 g/mol. The fraction of sp³-hybridized carbons (Fsp3) is 0.760. The van der Waals surface area contributed by atoms with Crippen molar-refractivity contribution in [2.75, 3.05) is 26.2 Å². The van der Waals surface area contributed by atoms with Crippen LogP contribution in [-0.2, 0) is 6.54 Å². The lowest BCUT2D eigenvalue weighted by Crippen LogP contribution is -2.52. The van der Waals surface area contributed by atoms with Crippen LogP contribution in [0.4, 0.5) is 0 Å². The highest BCUT2D eigenvalue weighted by atomic mass is 32.1. The van der Waals surface area contributed by atoms with Crippen LogP contribution in [0.15, 0.2) is 6.07 Å². The Morgan fingerprint density at radius 3 is 2.19 bits per heavy atom. The number of fused-ring (bicyclic) bond motifs is 1. The molecule has 3 heterocycles. The number of thiophene rings is 1. The molecule has 0 radical (unpaired) electrons. The van der Waals surface area contributed by atoms with Crippen LogP contribution in [0.25, 0.3) is 10.2 Å². The summed E-state index contributed by atoms with van der Waals surface area (Å²) in [6.45, 7) is 8.05. The average Bonchev–Trinajstić information content (AvgIpc) is 3.46. The van der Waals surface area contributed by atoms with Gasteiger partial charge in [0.15, 0.2) is 0 Å². The molecule has 3 saturated carbocycles. The fourth-order valence-electron chi connectivity index (χ4n) is 6.02. The lowest BCUT2D eigenvalue weighted by molar-refractivity contribution is 0.0683. The zero-order valence-corrected chi connectivity index (χ0v) is 20.2. The van der Waals surface area contributed by atoms with Gasteiger partial charge >= 0.3 is 0 Å². The first kappa shape index (κ1) is 21.1. The van der Waals surface area contributed by atoms with Gasteiger partial charge in [-0.1, -0.05) is 6.42 Å². The number of amides is 1. The molecule has 6 rings (SSSR count). The van der Waals surface area contributed by atoms with Crippen LogP contribution in [0, 0.1) is 12.8 Å². The summed E-state index contributed by atoms with van der Waals surface area (Å²) < 4.78 is 2.16. The Labute approximate surface area is 195 Å². The summed E-state index contributed by atoms with van der Waals surface area (Å²) in [5.74, 6) is 0.881. The summed E-state index contributed by atoms with van der Waals surface area (Å²) in [5.41, 5.74) is 1.05. The van der Waals surface area contributed by atoms with Gasteiger partial charge in [-0.05, 0) is 70.3 Å². The topological polar surface area (TPSA) is 53.4 Å². The molecule has 0 unspecified atom stereocenters. The van der Waals surface area contributed by atoms with Crippen molar-refractivity contribution in [2.24, 2.45) is 5.92 Å². The molecule has 174 valence electrons. The number of nitrogens with zero attached hydrogens (tertiary/aromatic N) is 4. The number of carbonyl (C=O) groups excluding carboxylic acids is 1. The van der Waals surface area contributed by atoms with Crippen molar-refractivity contribution in [3.05, 3.63) is 16.6 Å². The molecule has 2 aromatic rings. The maximum atomic E-state index is 13.0. The van der Waals surface area contributed by atoms with Gasteiger partial charge in [-0.2, -0.15) is 5.10 Å². The second-order valence-electron chi connectivity index (χ2n) is 10.7. The van der Waals surface area contributed by atoms with Gasteiger partial charge in [0.2, 0.25) is 0 Å². The molecule has 3 aliphatic carbocycles. The Balaban J connectivity index is 1.02. The molecule has 1 aliphatic heterocycles. The van der Waals surface area contributed by atoms with Gasteiger partial charge in [-0.3, -0.25) is 19.3 Å². The quantitative estimate of drug-likeness (QED) is 0.715. The Morgan fingerprint density at radius 2 is 1.62 bits per heavy atom. The largest absolute Gasteiger partial charge is 0.349 e. The maximum absolute atomic E-state index is 13.0. The monoisotopic (exact) mass is 455 g/mol. The second kappa shape index (κ2) is 8.73. The van der Waals surface area contributed by atoms with Gasteiger partial charge < -0.3 is 5.32 Å². The Hall–Kier alpha value is -1.44. The molecule has 1 N–H and O–H groups in total. The zero-order valence-electron chi connectivity index (χ0n) is 19.4. The van der Waals surface area contributed by atoms with Crippen molar-refractivity contribution in [3.8, 4) is 0 Å². The molecule has 32 heavy (non-hydrogen) atoms. The lowest BCUT2D eigenvalue weighted by atomic mass is 9.85. The van der Waals surface area contributed by atoms with E-state index in [0.29, 0.717) is 12.1 Å². The third-order valence-corrected chi connectivity index (χ3v) is 9.59. The molecule has 0 atom stereocenters. The summed E-state index contributed by atoms with van der Waals surface area (Å²) in [6, 6.07) is 4.01. The van der Waals surface area contributed by atoms with Gasteiger partial charge in [0.25, 0.3) is 5.91 Å². The number of hydrogen-bond acceptors (Lipinski definition) is 5. The number of piperazine rings is 1. The third kappa shape index (κ3) is 4.24. The van der Waals surface area contributed by atoms with E-state index in [9.17, 15) is 4.79 Å². The molecule has 0 aromatic carbocycles. The van der Waals surface area contributed by atoms with Gasteiger partial charge in [-0.15, -0.1) is 11.3 Å². The van der Waals surface area contributed by atoms with Gasteiger partial charge in [-0.25, -0.2) is 0 Å². The minimum absolute atomic E-state index is 0.113. The predicted octanol–water partition coefficient (Wildman–Crippen LogP) is 4.03. The van der Waals surface area contributed by atoms with E-state index in [1.807, 2.05) is 0 Å². The minimum atomic E-state index is 0.113. The van der Waals surface area contributed by atoms with E-state index in [0.717, 1.165) is 47.3 Å². The van der Waals surface area contributed by atoms with Gasteiger partial charge in [0, 0.05) is 56.2 Å². The highest BCUT2D eigenvalue weighted by Crippen LogP contribution is 2.33. The number of rotatable bonds is 6. The standard InChI is InChI=1S/C25H37N5OS/c1-17-22-15-23(32-25(22)30(27-17)16-18-3-2-4-18)24(31)26-19-5-7-20(8-6-19)28-11-13-29(14-12-28)21-9-10-21/h15,18-21H,2-14,16H2,1H3,(H,26,31). The normalized spacial score (nSPS) is 28.2. The lowest BCUT2D eigenvalue weighted by Gasteiger charge is -2.42. The van der Waals surface area contributed by atoms with Crippen LogP contribution < -0.4 is 5.32 Å². The van der Waals surface area contributed by atoms with E-state index < -0.39 is 0 Å². The molecule has 1 amide bonds. The fourth-order valence-corrected chi connectivity index (χ4v) is 7.09. The van der Waals surface area contributed by atoms with Crippen molar-refractivity contribution >= 4 is 27.5 Å². The number of aryl methyl sites for hydroxylation is 1. The summed E-state index contributed by atoms with van der Waals surface area (Å²) in [5, 5.41) is 9.26. The Bertz CT molecular complexity index is 959. The van der Waals surface area contributed by atoms with Crippen LogP contribution in [-0.4, -0.2) is 69.8 Å². The zero-order chi connectivity index (χ0) is 21.7. The Morgan fingerprint density at radius 1 is 1.00 bits per heavy atom. The van der Waals surface area contributed by atoms with E-state index in [2.05, 4.69) is 32.8 Å².